The fraction of sp³-hybridized carbons (Fsp3) is 0.458. The van der Waals surface area contributed by atoms with E-state index in [0.717, 1.165) is 29.7 Å². The zero-order valence-corrected chi connectivity index (χ0v) is 17.9. The summed E-state index contributed by atoms with van der Waals surface area (Å²) >= 11 is 0. The van der Waals surface area contributed by atoms with Crippen LogP contribution in [0.2, 0.25) is 0 Å². The van der Waals surface area contributed by atoms with Crippen molar-refractivity contribution in [3.63, 3.8) is 0 Å². The largest absolute Gasteiger partial charge is 0.395 e. The van der Waals surface area contributed by atoms with E-state index in [-0.39, 0.29) is 12.4 Å². The lowest BCUT2D eigenvalue weighted by molar-refractivity contribution is 0.0665. The van der Waals surface area contributed by atoms with Gasteiger partial charge in [-0.2, -0.15) is 0 Å². The van der Waals surface area contributed by atoms with Gasteiger partial charge in [-0.3, -0.25) is 9.69 Å². The van der Waals surface area contributed by atoms with Gasteiger partial charge in [0.05, 0.1) is 12.1 Å². The number of carbonyl (C=O) groups is 1. The number of nitrogens with one attached hydrogen (secondary N) is 1. The molecule has 1 atom stereocenters. The third-order valence-electron chi connectivity index (χ3n) is 5.70. The van der Waals surface area contributed by atoms with E-state index >= 15 is 0 Å². The number of hydrogen-bond donors (Lipinski definition) is 2. The number of aliphatic hydroxyl groups excluding tert-OH is 1. The lowest BCUT2D eigenvalue weighted by Gasteiger charge is -2.38. The van der Waals surface area contributed by atoms with Crippen LogP contribution in [0.25, 0.3) is 0 Å². The van der Waals surface area contributed by atoms with Gasteiger partial charge in [0, 0.05) is 17.8 Å². The van der Waals surface area contributed by atoms with Crippen molar-refractivity contribution in [2.75, 3.05) is 32.6 Å². The molecule has 0 saturated heterocycles. The SMILES string of the molecule is CCc1ccc(CC(CC)(C(=O)c2ccc(NCCO)cc2C)N(C)C)cc1. The number of likely N-dealkylation sites (N-methyl/N-ethyl adjacent to an activating group) is 1. The quantitative estimate of drug-likeness (QED) is 0.608. The first-order chi connectivity index (χ1) is 13.4. The van der Waals surface area contributed by atoms with Gasteiger partial charge in [0.25, 0.3) is 0 Å². The maximum absolute atomic E-state index is 13.7. The second kappa shape index (κ2) is 9.85. The molecule has 152 valence electrons. The minimum Gasteiger partial charge on any atom is -0.395 e. The van der Waals surface area contributed by atoms with Gasteiger partial charge >= 0.3 is 0 Å². The topological polar surface area (TPSA) is 52.6 Å². The average molecular weight is 383 g/mol. The number of rotatable bonds is 10. The summed E-state index contributed by atoms with van der Waals surface area (Å²) in [4.78, 5) is 15.8. The number of anilines is 1. The van der Waals surface area contributed by atoms with Crippen molar-refractivity contribution in [2.45, 2.75) is 45.6 Å². The highest BCUT2D eigenvalue weighted by atomic mass is 16.3. The molecule has 0 aliphatic rings. The molecular formula is C24H34N2O2. The molecule has 4 nitrogen and oxygen atoms in total. The Morgan fingerprint density at radius 1 is 1.07 bits per heavy atom. The molecule has 2 aromatic rings. The molecule has 0 fully saturated rings. The van der Waals surface area contributed by atoms with Crippen LogP contribution in [0.3, 0.4) is 0 Å². The Labute approximate surface area is 169 Å². The number of ketones is 1. The van der Waals surface area contributed by atoms with Crippen LogP contribution in [0.1, 0.15) is 47.3 Å². The fourth-order valence-electron chi connectivity index (χ4n) is 3.75. The van der Waals surface area contributed by atoms with Gasteiger partial charge in [0.2, 0.25) is 0 Å². The van der Waals surface area contributed by atoms with Crippen LogP contribution in [0.4, 0.5) is 5.69 Å². The van der Waals surface area contributed by atoms with Crippen LogP contribution < -0.4 is 5.32 Å². The highest BCUT2D eigenvalue weighted by Gasteiger charge is 2.40. The molecule has 0 aliphatic carbocycles. The molecule has 0 heterocycles. The summed E-state index contributed by atoms with van der Waals surface area (Å²) in [5.41, 5.74) is 4.54. The molecule has 0 saturated carbocycles. The van der Waals surface area contributed by atoms with Gasteiger partial charge in [0.15, 0.2) is 5.78 Å². The number of benzene rings is 2. The number of aryl methyl sites for hydroxylation is 2. The predicted octanol–water partition coefficient (Wildman–Crippen LogP) is 4.10. The number of Topliss-reactive ketones (excluding diaryl/α,β-unsaturated/α-hetero) is 1. The summed E-state index contributed by atoms with van der Waals surface area (Å²) in [7, 11) is 3.99. The summed E-state index contributed by atoms with van der Waals surface area (Å²) in [5.74, 6) is 0.158. The van der Waals surface area contributed by atoms with E-state index in [0.29, 0.717) is 13.0 Å². The highest BCUT2D eigenvalue weighted by molar-refractivity contribution is 6.04. The van der Waals surface area contributed by atoms with Crippen LogP contribution in [-0.2, 0) is 12.8 Å². The zero-order chi connectivity index (χ0) is 20.7. The van der Waals surface area contributed by atoms with Gasteiger partial charge in [-0.25, -0.2) is 0 Å². The second-order valence-corrected chi connectivity index (χ2v) is 7.64. The van der Waals surface area contributed by atoms with Crippen molar-refractivity contribution >= 4 is 11.5 Å². The number of hydrogen-bond acceptors (Lipinski definition) is 4. The normalized spacial score (nSPS) is 13.4. The monoisotopic (exact) mass is 382 g/mol. The summed E-state index contributed by atoms with van der Waals surface area (Å²) in [6.45, 7) is 6.79. The molecule has 0 amide bonds. The first kappa shape index (κ1) is 22.1. The smallest absolute Gasteiger partial charge is 0.183 e. The van der Waals surface area contributed by atoms with Gasteiger partial charge in [-0.1, -0.05) is 38.1 Å². The third-order valence-corrected chi connectivity index (χ3v) is 5.70. The molecule has 0 aliphatic heterocycles. The maximum atomic E-state index is 13.7. The van der Waals surface area contributed by atoms with E-state index in [4.69, 9.17) is 5.11 Å². The third kappa shape index (κ3) is 4.81. The molecule has 28 heavy (non-hydrogen) atoms. The molecule has 0 aromatic heterocycles. The van der Waals surface area contributed by atoms with E-state index in [1.54, 1.807) is 0 Å². The van der Waals surface area contributed by atoms with E-state index < -0.39 is 5.54 Å². The molecule has 2 N–H and O–H groups in total. The Balaban J connectivity index is 2.36. The number of aliphatic hydroxyl groups is 1. The second-order valence-electron chi connectivity index (χ2n) is 7.64. The van der Waals surface area contributed by atoms with Crippen molar-refractivity contribution in [2.24, 2.45) is 0 Å². The van der Waals surface area contributed by atoms with E-state index in [1.807, 2.05) is 39.2 Å². The predicted molar refractivity (Wildman–Crippen MR) is 117 cm³/mol. The van der Waals surface area contributed by atoms with Crippen molar-refractivity contribution in [3.8, 4) is 0 Å². The molecule has 1 unspecified atom stereocenters. The van der Waals surface area contributed by atoms with Crippen molar-refractivity contribution in [1.82, 2.24) is 4.90 Å². The van der Waals surface area contributed by atoms with Crippen molar-refractivity contribution in [1.29, 1.82) is 0 Å². The van der Waals surface area contributed by atoms with E-state index in [1.165, 1.54) is 11.1 Å². The van der Waals surface area contributed by atoms with Gasteiger partial charge in [-0.05, 0) is 75.2 Å². The molecule has 0 bridgehead atoms. The Morgan fingerprint density at radius 3 is 2.21 bits per heavy atom. The minimum atomic E-state index is -0.585. The van der Waals surface area contributed by atoms with Gasteiger partial charge < -0.3 is 10.4 Å². The van der Waals surface area contributed by atoms with Crippen LogP contribution in [0.5, 0.6) is 0 Å². The molecule has 0 radical (unpaired) electrons. The van der Waals surface area contributed by atoms with Crippen LogP contribution in [0.15, 0.2) is 42.5 Å². The fourth-order valence-corrected chi connectivity index (χ4v) is 3.75. The standard InChI is InChI=1S/C24H34N2O2/c1-6-19-8-10-20(11-9-19)17-24(7-2,26(4)5)23(28)22-13-12-21(16-18(22)3)25-14-15-27/h8-13,16,25,27H,6-7,14-15,17H2,1-5H3. The molecule has 4 heteroatoms. The Morgan fingerprint density at radius 2 is 1.71 bits per heavy atom. The zero-order valence-electron chi connectivity index (χ0n) is 17.9. The van der Waals surface area contributed by atoms with E-state index in [9.17, 15) is 4.79 Å². The molecule has 2 aromatic carbocycles. The van der Waals surface area contributed by atoms with Crippen molar-refractivity contribution < 1.29 is 9.90 Å². The number of carbonyl (C=O) groups excluding carboxylic acids is 1. The highest BCUT2D eigenvalue weighted by Crippen LogP contribution is 2.30. The minimum absolute atomic E-state index is 0.0795. The lowest BCUT2D eigenvalue weighted by atomic mass is 9.79. The Bertz CT molecular complexity index is 784. The lowest BCUT2D eigenvalue weighted by Crippen LogP contribution is -2.52. The Hall–Kier alpha value is -2.17. The van der Waals surface area contributed by atoms with Crippen LogP contribution in [-0.4, -0.2) is 48.6 Å². The first-order valence-electron chi connectivity index (χ1n) is 10.1. The molecule has 2 rings (SSSR count). The van der Waals surface area contributed by atoms with Gasteiger partial charge in [-0.15, -0.1) is 0 Å². The summed E-state index contributed by atoms with van der Waals surface area (Å²) in [5, 5.41) is 12.1. The molecular weight excluding hydrogens is 348 g/mol. The van der Waals surface area contributed by atoms with Gasteiger partial charge in [0.1, 0.15) is 0 Å². The summed E-state index contributed by atoms with van der Waals surface area (Å²) in [6, 6.07) is 14.4. The van der Waals surface area contributed by atoms with E-state index in [2.05, 4.69) is 48.3 Å². The van der Waals surface area contributed by atoms with Crippen molar-refractivity contribution in [3.05, 3.63) is 64.7 Å². The average Bonchev–Trinajstić information content (AvgIpc) is 2.70. The summed E-state index contributed by atoms with van der Waals surface area (Å²) < 4.78 is 0. The number of nitrogens with zero attached hydrogens (tertiary/aromatic N) is 1. The first-order valence-corrected chi connectivity index (χ1v) is 10.1. The van der Waals surface area contributed by atoms with Crippen LogP contribution >= 0.6 is 0 Å². The molecule has 0 spiro atoms. The Kier molecular flexibility index (Phi) is 7.78. The maximum Gasteiger partial charge on any atom is 0.183 e. The van der Waals surface area contributed by atoms with Crippen LogP contribution in [0, 0.1) is 6.92 Å². The summed E-state index contributed by atoms with van der Waals surface area (Å²) in [6.07, 6.45) is 2.43.